The first-order chi connectivity index (χ1) is 7.41. The molecule has 0 radical (unpaired) electrons. The molecule has 0 aromatic carbocycles. The molecule has 1 N–H and O–H groups in total. The molecule has 1 heterocycles. The van der Waals surface area contributed by atoms with E-state index in [2.05, 4.69) is 14.7 Å². The Morgan fingerprint density at radius 1 is 1.44 bits per heavy atom. The standard InChI is InChI=1S/C9H12ClN3O2S/c1-9(2-3-9)6-13-16(14,15)7-4-11-8(10)12-5-7/h4-5,13H,2-3,6H2,1H3. The normalized spacial score (nSPS) is 18.4. The average Bonchev–Trinajstić information content (AvgIpc) is 2.96. The van der Waals surface area contributed by atoms with Crippen LogP contribution in [0.4, 0.5) is 0 Å². The summed E-state index contributed by atoms with van der Waals surface area (Å²) in [5.74, 6) is 0. The molecule has 88 valence electrons. The number of hydrogen-bond donors (Lipinski definition) is 1. The van der Waals surface area contributed by atoms with Crippen molar-refractivity contribution in [3.63, 3.8) is 0 Å². The lowest BCUT2D eigenvalue weighted by Crippen LogP contribution is -2.29. The van der Waals surface area contributed by atoms with Gasteiger partial charge in [0.15, 0.2) is 0 Å². The SMILES string of the molecule is CC1(CNS(=O)(=O)c2cnc(Cl)nc2)CC1. The van der Waals surface area contributed by atoms with Gasteiger partial charge >= 0.3 is 0 Å². The molecule has 1 aliphatic rings. The molecule has 1 aromatic rings. The van der Waals surface area contributed by atoms with Crippen LogP contribution in [0.25, 0.3) is 0 Å². The summed E-state index contributed by atoms with van der Waals surface area (Å²) in [5, 5.41) is 0.0353. The second-order valence-electron chi connectivity index (χ2n) is 4.32. The lowest BCUT2D eigenvalue weighted by atomic mass is 10.2. The fourth-order valence-electron chi connectivity index (χ4n) is 1.18. The molecular formula is C9H12ClN3O2S. The van der Waals surface area contributed by atoms with Gasteiger partial charge in [-0.2, -0.15) is 0 Å². The molecule has 0 aliphatic heterocycles. The van der Waals surface area contributed by atoms with Gasteiger partial charge in [0.25, 0.3) is 0 Å². The van der Waals surface area contributed by atoms with Crippen LogP contribution < -0.4 is 4.72 Å². The molecule has 0 unspecified atom stereocenters. The van der Waals surface area contributed by atoms with Crippen LogP contribution in [0.3, 0.4) is 0 Å². The highest BCUT2D eigenvalue weighted by Crippen LogP contribution is 2.44. The fourth-order valence-corrected chi connectivity index (χ4v) is 2.37. The van der Waals surface area contributed by atoms with Crippen LogP contribution >= 0.6 is 11.6 Å². The quantitative estimate of drug-likeness (QED) is 0.827. The Balaban J connectivity index is 2.09. The first kappa shape index (κ1) is 11.8. The zero-order valence-electron chi connectivity index (χ0n) is 8.77. The van der Waals surface area contributed by atoms with Gasteiger partial charge < -0.3 is 0 Å². The Kier molecular flexibility index (Phi) is 2.90. The lowest BCUT2D eigenvalue weighted by Gasteiger charge is -2.10. The molecule has 0 spiro atoms. The van der Waals surface area contributed by atoms with E-state index in [1.165, 1.54) is 12.4 Å². The van der Waals surface area contributed by atoms with Crippen LogP contribution in [0.15, 0.2) is 17.3 Å². The summed E-state index contributed by atoms with van der Waals surface area (Å²) in [4.78, 5) is 7.32. The third-order valence-electron chi connectivity index (χ3n) is 2.70. The minimum Gasteiger partial charge on any atom is -0.225 e. The Morgan fingerprint density at radius 2 is 2.00 bits per heavy atom. The van der Waals surface area contributed by atoms with E-state index < -0.39 is 10.0 Å². The molecule has 0 bridgehead atoms. The number of nitrogens with zero attached hydrogens (tertiary/aromatic N) is 2. The van der Waals surface area contributed by atoms with Crippen molar-refractivity contribution in [1.29, 1.82) is 0 Å². The molecule has 1 aromatic heterocycles. The van der Waals surface area contributed by atoms with E-state index >= 15 is 0 Å². The van der Waals surface area contributed by atoms with Gasteiger partial charge in [0.2, 0.25) is 15.3 Å². The van der Waals surface area contributed by atoms with Gasteiger partial charge in [-0.05, 0) is 29.9 Å². The van der Waals surface area contributed by atoms with E-state index in [1.54, 1.807) is 0 Å². The number of sulfonamides is 1. The molecule has 0 saturated heterocycles. The summed E-state index contributed by atoms with van der Waals surface area (Å²) in [5.41, 5.74) is 0.125. The van der Waals surface area contributed by atoms with Gasteiger partial charge in [-0.25, -0.2) is 23.1 Å². The van der Waals surface area contributed by atoms with Crippen molar-refractivity contribution in [2.75, 3.05) is 6.54 Å². The molecule has 5 nitrogen and oxygen atoms in total. The second kappa shape index (κ2) is 3.94. The van der Waals surface area contributed by atoms with E-state index in [0.29, 0.717) is 6.54 Å². The van der Waals surface area contributed by atoms with Gasteiger partial charge in [-0.1, -0.05) is 6.92 Å². The molecular weight excluding hydrogens is 250 g/mol. The van der Waals surface area contributed by atoms with Crippen LogP contribution in [-0.2, 0) is 10.0 Å². The second-order valence-corrected chi connectivity index (χ2v) is 6.43. The predicted octanol–water partition coefficient (Wildman–Crippen LogP) is 1.21. The Hall–Kier alpha value is -0.720. The number of hydrogen-bond acceptors (Lipinski definition) is 4. The van der Waals surface area contributed by atoms with Gasteiger partial charge in [0, 0.05) is 6.54 Å². The third-order valence-corrected chi connectivity index (χ3v) is 4.25. The minimum absolute atomic E-state index is 0.0353. The fraction of sp³-hybridized carbons (Fsp3) is 0.556. The Labute approximate surface area is 99.3 Å². The summed E-state index contributed by atoms with van der Waals surface area (Å²) in [6.45, 7) is 2.51. The molecule has 0 amide bonds. The van der Waals surface area contributed by atoms with E-state index in [-0.39, 0.29) is 15.6 Å². The van der Waals surface area contributed by atoms with Gasteiger partial charge in [-0.3, -0.25) is 0 Å². The van der Waals surface area contributed by atoms with Crippen molar-refractivity contribution in [2.45, 2.75) is 24.7 Å². The van der Waals surface area contributed by atoms with Crippen LogP contribution in [0.1, 0.15) is 19.8 Å². The van der Waals surface area contributed by atoms with Crippen molar-refractivity contribution in [3.8, 4) is 0 Å². The maximum Gasteiger partial charge on any atom is 0.243 e. The largest absolute Gasteiger partial charge is 0.243 e. The first-order valence-electron chi connectivity index (χ1n) is 4.89. The average molecular weight is 262 g/mol. The highest BCUT2D eigenvalue weighted by Gasteiger charge is 2.38. The predicted molar refractivity (Wildman–Crippen MR) is 59.6 cm³/mol. The van der Waals surface area contributed by atoms with Crippen LogP contribution in [0.2, 0.25) is 5.28 Å². The summed E-state index contributed by atoms with van der Waals surface area (Å²) in [7, 11) is -3.50. The number of rotatable bonds is 4. The van der Waals surface area contributed by atoms with Gasteiger partial charge in [0.05, 0.1) is 12.4 Å². The van der Waals surface area contributed by atoms with Crippen LogP contribution in [-0.4, -0.2) is 24.9 Å². The number of aromatic nitrogens is 2. The van der Waals surface area contributed by atoms with E-state index in [0.717, 1.165) is 12.8 Å². The summed E-state index contributed by atoms with van der Waals surface area (Å²) >= 11 is 5.48. The van der Waals surface area contributed by atoms with Crippen molar-refractivity contribution < 1.29 is 8.42 Å². The number of nitrogens with one attached hydrogen (secondary N) is 1. The van der Waals surface area contributed by atoms with Gasteiger partial charge in [0.1, 0.15) is 4.90 Å². The monoisotopic (exact) mass is 261 g/mol. The third kappa shape index (κ3) is 2.69. The molecule has 7 heteroatoms. The maximum absolute atomic E-state index is 11.8. The smallest absolute Gasteiger partial charge is 0.225 e. The topological polar surface area (TPSA) is 72.0 Å². The maximum atomic E-state index is 11.8. The zero-order valence-corrected chi connectivity index (χ0v) is 10.3. The molecule has 16 heavy (non-hydrogen) atoms. The summed E-state index contributed by atoms with van der Waals surface area (Å²) in [6, 6.07) is 0. The highest BCUT2D eigenvalue weighted by molar-refractivity contribution is 7.89. The summed E-state index contributed by atoms with van der Waals surface area (Å²) in [6.07, 6.45) is 4.53. The van der Waals surface area contributed by atoms with Crippen molar-refractivity contribution in [3.05, 3.63) is 17.7 Å². The van der Waals surface area contributed by atoms with Gasteiger partial charge in [-0.15, -0.1) is 0 Å². The number of halogens is 1. The van der Waals surface area contributed by atoms with E-state index in [4.69, 9.17) is 11.6 Å². The molecule has 1 saturated carbocycles. The zero-order chi connectivity index (χ0) is 11.8. The van der Waals surface area contributed by atoms with E-state index in [9.17, 15) is 8.42 Å². The highest BCUT2D eigenvalue weighted by atomic mass is 35.5. The molecule has 1 aliphatic carbocycles. The Bertz CT molecular complexity index is 482. The Morgan fingerprint density at radius 3 is 2.50 bits per heavy atom. The minimum atomic E-state index is -3.50. The van der Waals surface area contributed by atoms with Crippen molar-refractivity contribution >= 4 is 21.6 Å². The molecule has 1 fully saturated rings. The summed E-state index contributed by atoms with van der Waals surface area (Å²) < 4.78 is 26.1. The van der Waals surface area contributed by atoms with Crippen LogP contribution in [0.5, 0.6) is 0 Å². The van der Waals surface area contributed by atoms with Crippen molar-refractivity contribution in [2.24, 2.45) is 5.41 Å². The van der Waals surface area contributed by atoms with E-state index in [1.807, 2.05) is 6.92 Å². The molecule has 0 atom stereocenters. The van der Waals surface area contributed by atoms with Crippen LogP contribution in [0, 0.1) is 5.41 Å². The van der Waals surface area contributed by atoms with Crippen molar-refractivity contribution in [1.82, 2.24) is 14.7 Å². The molecule has 2 rings (SSSR count). The first-order valence-corrected chi connectivity index (χ1v) is 6.75. The lowest BCUT2D eigenvalue weighted by molar-refractivity contribution is 0.530.